The number of aliphatic hydroxyl groups is 1. The second kappa shape index (κ2) is 39.8. The lowest BCUT2D eigenvalue weighted by Crippen LogP contribution is -2.28. The van der Waals surface area contributed by atoms with Crippen LogP contribution in [0.15, 0.2) is 24.3 Å². The molecule has 0 aliphatic carbocycles. The van der Waals surface area contributed by atoms with Gasteiger partial charge >= 0.3 is 11.9 Å². The first-order chi connectivity index (χ1) is 23.6. The van der Waals surface area contributed by atoms with Gasteiger partial charge in [0.1, 0.15) is 6.61 Å². The molecular formula is C43H80O5. The maximum Gasteiger partial charge on any atom is 0.306 e. The standard InChI is InChI=1S/C43H80O5/c1-3-5-7-9-11-13-15-17-19-20-21-22-24-26-28-30-32-34-36-38-43(46)48-41(39-44)40-47-42(45)37-35-33-31-29-27-25-23-18-16-14-12-10-8-6-4-2/h12,14,18,23,41,44H,3-11,13,15-17,19-22,24-40H2,1-2H3. The van der Waals surface area contributed by atoms with Gasteiger partial charge in [-0.25, -0.2) is 0 Å². The Bertz CT molecular complexity index is 731. The van der Waals surface area contributed by atoms with E-state index in [2.05, 4.69) is 38.2 Å². The van der Waals surface area contributed by atoms with Crippen molar-refractivity contribution >= 4 is 11.9 Å². The second-order valence-electron chi connectivity index (χ2n) is 14.1. The van der Waals surface area contributed by atoms with Gasteiger partial charge in [-0.05, 0) is 44.9 Å². The minimum atomic E-state index is -0.772. The third-order valence-corrected chi connectivity index (χ3v) is 9.25. The third kappa shape index (κ3) is 37.2. The van der Waals surface area contributed by atoms with Crippen LogP contribution < -0.4 is 0 Å². The van der Waals surface area contributed by atoms with Crippen molar-refractivity contribution < 1.29 is 24.2 Å². The molecule has 0 aliphatic heterocycles. The Labute approximate surface area is 298 Å². The summed E-state index contributed by atoms with van der Waals surface area (Å²) in [6.45, 7) is 4.12. The van der Waals surface area contributed by atoms with Gasteiger partial charge in [-0.3, -0.25) is 9.59 Å². The van der Waals surface area contributed by atoms with Gasteiger partial charge in [0.2, 0.25) is 0 Å². The highest BCUT2D eigenvalue weighted by Crippen LogP contribution is 2.15. The molecule has 1 atom stereocenters. The van der Waals surface area contributed by atoms with Crippen LogP contribution in [0.4, 0.5) is 0 Å². The molecule has 0 heterocycles. The lowest BCUT2D eigenvalue weighted by molar-refractivity contribution is -0.161. The molecule has 5 nitrogen and oxygen atoms in total. The molecule has 0 fully saturated rings. The van der Waals surface area contributed by atoms with E-state index in [1.54, 1.807) is 0 Å². The molecule has 0 saturated heterocycles. The number of hydrogen-bond donors (Lipinski definition) is 1. The van der Waals surface area contributed by atoms with Gasteiger partial charge < -0.3 is 14.6 Å². The fourth-order valence-electron chi connectivity index (χ4n) is 6.06. The number of carbonyl (C=O) groups excluding carboxylic acids is 2. The zero-order valence-corrected chi connectivity index (χ0v) is 32.0. The highest BCUT2D eigenvalue weighted by Gasteiger charge is 2.16. The molecule has 0 aromatic rings. The molecule has 0 spiro atoms. The summed E-state index contributed by atoms with van der Waals surface area (Å²) in [4.78, 5) is 24.3. The first-order valence-electron chi connectivity index (χ1n) is 20.9. The van der Waals surface area contributed by atoms with E-state index in [9.17, 15) is 14.7 Å². The van der Waals surface area contributed by atoms with Crippen LogP contribution in [0.2, 0.25) is 0 Å². The molecule has 282 valence electrons. The summed E-state index contributed by atoms with van der Waals surface area (Å²) in [5, 5.41) is 9.56. The summed E-state index contributed by atoms with van der Waals surface area (Å²) >= 11 is 0. The summed E-state index contributed by atoms with van der Waals surface area (Å²) in [5.74, 6) is -0.597. The first kappa shape index (κ1) is 46.4. The molecule has 0 saturated carbocycles. The molecule has 1 unspecified atom stereocenters. The third-order valence-electron chi connectivity index (χ3n) is 9.25. The van der Waals surface area contributed by atoms with Crippen molar-refractivity contribution in [1.29, 1.82) is 0 Å². The van der Waals surface area contributed by atoms with E-state index in [-0.39, 0.29) is 25.2 Å². The zero-order chi connectivity index (χ0) is 35.0. The predicted molar refractivity (Wildman–Crippen MR) is 205 cm³/mol. The number of unbranched alkanes of at least 4 members (excludes halogenated alkanes) is 26. The van der Waals surface area contributed by atoms with Crippen molar-refractivity contribution in [3.63, 3.8) is 0 Å². The molecular weight excluding hydrogens is 596 g/mol. The van der Waals surface area contributed by atoms with E-state index in [4.69, 9.17) is 9.47 Å². The monoisotopic (exact) mass is 677 g/mol. The van der Waals surface area contributed by atoms with E-state index in [1.165, 1.54) is 141 Å². The summed E-state index contributed by atoms with van der Waals surface area (Å²) < 4.78 is 10.6. The SMILES string of the molecule is CCCCCC=CCC=CCCCCCCCC(=O)OCC(CO)OC(=O)CCCCCCCCCCCCCCCCCCCCC. The summed E-state index contributed by atoms with van der Waals surface area (Å²) in [6.07, 6.45) is 46.7. The Balaban J connectivity index is 3.52. The minimum Gasteiger partial charge on any atom is -0.462 e. The van der Waals surface area contributed by atoms with Crippen LogP contribution in [-0.2, 0) is 19.1 Å². The Morgan fingerprint density at radius 1 is 0.479 bits per heavy atom. The van der Waals surface area contributed by atoms with Crippen molar-refractivity contribution in [3.05, 3.63) is 24.3 Å². The zero-order valence-electron chi connectivity index (χ0n) is 32.0. The molecule has 0 aliphatic rings. The number of esters is 2. The summed E-state index contributed by atoms with van der Waals surface area (Å²) in [5.41, 5.74) is 0. The largest absolute Gasteiger partial charge is 0.462 e. The fourth-order valence-corrected chi connectivity index (χ4v) is 6.06. The van der Waals surface area contributed by atoms with Crippen molar-refractivity contribution in [2.45, 2.75) is 225 Å². The van der Waals surface area contributed by atoms with Gasteiger partial charge in [0, 0.05) is 12.8 Å². The van der Waals surface area contributed by atoms with E-state index >= 15 is 0 Å². The molecule has 0 amide bonds. The van der Waals surface area contributed by atoms with Gasteiger partial charge in [-0.1, -0.05) is 186 Å². The Hall–Kier alpha value is -1.62. The molecule has 0 aromatic heterocycles. The summed E-state index contributed by atoms with van der Waals surface area (Å²) in [7, 11) is 0. The number of allylic oxidation sites excluding steroid dienone is 4. The molecule has 0 rings (SSSR count). The van der Waals surface area contributed by atoms with Crippen molar-refractivity contribution in [1.82, 2.24) is 0 Å². The molecule has 0 radical (unpaired) electrons. The Morgan fingerprint density at radius 2 is 0.833 bits per heavy atom. The van der Waals surface area contributed by atoms with Crippen molar-refractivity contribution in [3.8, 4) is 0 Å². The molecule has 5 heteroatoms. The van der Waals surface area contributed by atoms with Crippen molar-refractivity contribution in [2.24, 2.45) is 0 Å². The smallest absolute Gasteiger partial charge is 0.306 e. The lowest BCUT2D eigenvalue weighted by Gasteiger charge is -2.15. The Morgan fingerprint density at radius 3 is 1.27 bits per heavy atom. The van der Waals surface area contributed by atoms with E-state index < -0.39 is 6.10 Å². The normalized spacial score (nSPS) is 12.3. The number of ether oxygens (including phenoxy) is 2. The van der Waals surface area contributed by atoms with Crippen LogP contribution in [0.1, 0.15) is 219 Å². The predicted octanol–water partition coefficient (Wildman–Crippen LogP) is 13.1. The number of rotatable bonds is 38. The van der Waals surface area contributed by atoms with Gasteiger partial charge in [0.25, 0.3) is 0 Å². The highest BCUT2D eigenvalue weighted by molar-refractivity contribution is 5.70. The molecule has 1 N–H and O–H groups in total. The molecule has 48 heavy (non-hydrogen) atoms. The topological polar surface area (TPSA) is 72.8 Å². The molecule has 0 aromatic carbocycles. The minimum absolute atomic E-state index is 0.0689. The fraction of sp³-hybridized carbons (Fsp3) is 0.860. The van der Waals surface area contributed by atoms with E-state index in [0.29, 0.717) is 12.8 Å². The van der Waals surface area contributed by atoms with Crippen LogP contribution >= 0.6 is 0 Å². The van der Waals surface area contributed by atoms with E-state index in [1.807, 2.05) is 0 Å². The highest BCUT2D eigenvalue weighted by atomic mass is 16.6. The lowest BCUT2D eigenvalue weighted by atomic mass is 10.0. The van der Waals surface area contributed by atoms with Crippen LogP contribution in [0.3, 0.4) is 0 Å². The van der Waals surface area contributed by atoms with Crippen LogP contribution in [0, 0.1) is 0 Å². The van der Waals surface area contributed by atoms with Crippen LogP contribution in [-0.4, -0.2) is 36.4 Å². The maximum absolute atomic E-state index is 12.2. The van der Waals surface area contributed by atoms with E-state index in [0.717, 1.165) is 51.4 Å². The van der Waals surface area contributed by atoms with Gasteiger partial charge in [-0.2, -0.15) is 0 Å². The first-order valence-corrected chi connectivity index (χ1v) is 20.9. The van der Waals surface area contributed by atoms with Crippen LogP contribution in [0.5, 0.6) is 0 Å². The van der Waals surface area contributed by atoms with Crippen molar-refractivity contribution in [2.75, 3.05) is 13.2 Å². The van der Waals surface area contributed by atoms with Crippen LogP contribution in [0.25, 0.3) is 0 Å². The van der Waals surface area contributed by atoms with Gasteiger partial charge in [0.15, 0.2) is 6.10 Å². The summed E-state index contributed by atoms with van der Waals surface area (Å²) in [6, 6.07) is 0. The quantitative estimate of drug-likeness (QED) is 0.0400. The number of hydrogen-bond acceptors (Lipinski definition) is 5. The maximum atomic E-state index is 12.2. The van der Waals surface area contributed by atoms with Gasteiger partial charge in [0.05, 0.1) is 6.61 Å². The average Bonchev–Trinajstić information content (AvgIpc) is 3.09. The van der Waals surface area contributed by atoms with Gasteiger partial charge in [-0.15, -0.1) is 0 Å². The average molecular weight is 677 g/mol. The Kier molecular flexibility index (Phi) is 38.5. The number of carbonyl (C=O) groups is 2. The molecule has 0 bridgehead atoms. The number of aliphatic hydroxyl groups excluding tert-OH is 1. The second-order valence-corrected chi connectivity index (χ2v) is 14.1.